The number of nitrogens with one attached hydrogen (secondary N) is 1. The van der Waals surface area contributed by atoms with E-state index in [-0.39, 0.29) is 11.6 Å². The van der Waals surface area contributed by atoms with E-state index in [0.29, 0.717) is 23.4 Å². The summed E-state index contributed by atoms with van der Waals surface area (Å²) in [4.78, 5) is 22.8. The molecule has 0 radical (unpaired) electrons. The molecule has 0 aliphatic carbocycles. The molecule has 0 aromatic heterocycles. The zero-order chi connectivity index (χ0) is 17.0. The summed E-state index contributed by atoms with van der Waals surface area (Å²) in [5, 5.41) is 13.7. The highest BCUT2D eigenvalue weighted by molar-refractivity contribution is 6.05. The summed E-state index contributed by atoms with van der Waals surface area (Å²) in [6, 6.07) is 9.74. The first-order valence-corrected chi connectivity index (χ1v) is 7.22. The molecule has 0 aliphatic rings. The lowest BCUT2D eigenvalue weighted by Gasteiger charge is -2.11. The highest BCUT2D eigenvalue weighted by Crippen LogP contribution is 2.26. The van der Waals surface area contributed by atoms with E-state index in [9.17, 15) is 14.9 Å². The Hall–Kier alpha value is -2.89. The summed E-state index contributed by atoms with van der Waals surface area (Å²) < 4.78 is 5.44. The number of carbonyl (C=O) groups is 1. The minimum atomic E-state index is -0.466. The van der Waals surface area contributed by atoms with Crippen LogP contribution >= 0.6 is 0 Å². The number of hydrogen-bond donors (Lipinski definition) is 1. The minimum absolute atomic E-state index is 0.0225. The Morgan fingerprint density at radius 2 is 2.00 bits per heavy atom. The molecule has 1 amide bonds. The van der Waals surface area contributed by atoms with Crippen LogP contribution in [0.4, 0.5) is 11.4 Å². The van der Waals surface area contributed by atoms with Crippen LogP contribution in [0, 0.1) is 24.0 Å². The fourth-order valence-electron chi connectivity index (χ4n) is 2.26. The number of benzene rings is 2. The van der Waals surface area contributed by atoms with Crippen molar-refractivity contribution in [2.24, 2.45) is 0 Å². The van der Waals surface area contributed by atoms with Crippen molar-refractivity contribution < 1.29 is 14.5 Å². The fraction of sp³-hybridized carbons (Fsp3) is 0.235. The van der Waals surface area contributed by atoms with Crippen LogP contribution < -0.4 is 10.1 Å². The molecule has 2 rings (SSSR count). The van der Waals surface area contributed by atoms with E-state index in [1.54, 1.807) is 37.3 Å². The number of nitro benzene ring substituents is 1. The maximum Gasteiger partial charge on any atom is 0.274 e. The Morgan fingerprint density at radius 1 is 1.26 bits per heavy atom. The number of amides is 1. The van der Waals surface area contributed by atoms with Crippen molar-refractivity contribution in [2.45, 2.75) is 20.8 Å². The number of anilines is 1. The predicted octanol–water partition coefficient (Wildman–Crippen LogP) is 3.86. The molecule has 0 saturated carbocycles. The Bertz CT molecular complexity index is 756. The van der Waals surface area contributed by atoms with Crippen LogP contribution in [-0.2, 0) is 0 Å². The molecular formula is C17H18N2O4. The molecule has 0 saturated heterocycles. The highest BCUT2D eigenvalue weighted by atomic mass is 16.6. The van der Waals surface area contributed by atoms with Crippen LogP contribution in [0.1, 0.15) is 28.4 Å². The average Bonchev–Trinajstić information content (AvgIpc) is 2.51. The van der Waals surface area contributed by atoms with Crippen LogP contribution in [0.15, 0.2) is 36.4 Å². The highest BCUT2D eigenvalue weighted by Gasteiger charge is 2.16. The molecule has 0 aliphatic heterocycles. The van der Waals surface area contributed by atoms with Gasteiger partial charge in [0.1, 0.15) is 5.75 Å². The van der Waals surface area contributed by atoms with E-state index in [4.69, 9.17) is 4.74 Å². The van der Waals surface area contributed by atoms with Crippen molar-refractivity contribution in [1.82, 2.24) is 0 Å². The number of ether oxygens (including phenoxy) is 1. The third-order valence-corrected chi connectivity index (χ3v) is 3.49. The molecule has 6 heteroatoms. The van der Waals surface area contributed by atoms with E-state index < -0.39 is 4.92 Å². The van der Waals surface area contributed by atoms with Crippen molar-refractivity contribution in [2.75, 3.05) is 11.9 Å². The lowest BCUT2D eigenvalue weighted by molar-refractivity contribution is -0.385. The second kappa shape index (κ2) is 6.91. The van der Waals surface area contributed by atoms with Crippen LogP contribution in [-0.4, -0.2) is 17.4 Å². The van der Waals surface area contributed by atoms with Gasteiger partial charge in [0.25, 0.3) is 11.6 Å². The standard InChI is InChI=1S/C17H18N2O4/c1-4-23-16-9-8-13(10-11(16)2)17(20)18-14-6-5-7-15(12(14)3)19(21)22/h5-10H,4H2,1-3H3,(H,18,20). The largest absolute Gasteiger partial charge is 0.494 e. The van der Waals surface area contributed by atoms with Crippen LogP contribution in [0.5, 0.6) is 5.75 Å². The lowest BCUT2D eigenvalue weighted by atomic mass is 10.1. The molecule has 0 spiro atoms. The number of hydrogen-bond acceptors (Lipinski definition) is 4. The summed E-state index contributed by atoms with van der Waals surface area (Å²) in [7, 11) is 0. The van der Waals surface area contributed by atoms with Gasteiger partial charge in [0.2, 0.25) is 0 Å². The minimum Gasteiger partial charge on any atom is -0.494 e. The van der Waals surface area contributed by atoms with Crippen molar-refractivity contribution in [3.05, 3.63) is 63.2 Å². The van der Waals surface area contributed by atoms with Crippen LogP contribution in [0.25, 0.3) is 0 Å². The van der Waals surface area contributed by atoms with Gasteiger partial charge in [0.05, 0.1) is 22.8 Å². The molecular weight excluding hydrogens is 296 g/mol. The zero-order valence-electron chi connectivity index (χ0n) is 13.3. The molecule has 1 N–H and O–H groups in total. The topological polar surface area (TPSA) is 81.5 Å². The second-order valence-electron chi connectivity index (χ2n) is 5.07. The Labute approximate surface area is 134 Å². The summed E-state index contributed by atoms with van der Waals surface area (Å²) in [5.41, 5.74) is 2.15. The molecule has 0 atom stereocenters. The number of nitrogens with zero attached hydrogens (tertiary/aromatic N) is 1. The van der Waals surface area contributed by atoms with Crippen molar-refractivity contribution in [3.63, 3.8) is 0 Å². The Kier molecular flexibility index (Phi) is 4.95. The van der Waals surface area contributed by atoms with Crippen LogP contribution in [0.2, 0.25) is 0 Å². The van der Waals surface area contributed by atoms with Gasteiger partial charge < -0.3 is 10.1 Å². The van der Waals surface area contributed by atoms with E-state index >= 15 is 0 Å². The first-order chi connectivity index (χ1) is 10.9. The summed E-state index contributed by atoms with van der Waals surface area (Å²) in [6.07, 6.45) is 0. The Morgan fingerprint density at radius 3 is 2.61 bits per heavy atom. The van der Waals surface area contributed by atoms with E-state index in [0.717, 1.165) is 11.3 Å². The summed E-state index contributed by atoms with van der Waals surface area (Å²) in [5.74, 6) is 0.412. The number of rotatable bonds is 5. The number of nitro groups is 1. The zero-order valence-corrected chi connectivity index (χ0v) is 13.3. The maximum atomic E-state index is 12.3. The van der Waals surface area contributed by atoms with Gasteiger partial charge in [-0.25, -0.2) is 0 Å². The molecule has 2 aromatic carbocycles. The molecule has 23 heavy (non-hydrogen) atoms. The second-order valence-corrected chi connectivity index (χ2v) is 5.07. The van der Waals surface area contributed by atoms with Gasteiger partial charge in [0, 0.05) is 11.6 Å². The third kappa shape index (κ3) is 3.66. The quantitative estimate of drug-likeness (QED) is 0.671. The molecule has 120 valence electrons. The number of aryl methyl sites for hydroxylation is 1. The first kappa shape index (κ1) is 16.5. The number of carbonyl (C=O) groups excluding carboxylic acids is 1. The fourth-order valence-corrected chi connectivity index (χ4v) is 2.26. The first-order valence-electron chi connectivity index (χ1n) is 7.22. The molecule has 2 aromatic rings. The van der Waals surface area contributed by atoms with Crippen molar-refractivity contribution in [3.8, 4) is 5.75 Å². The van der Waals surface area contributed by atoms with Crippen molar-refractivity contribution in [1.29, 1.82) is 0 Å². The summed E-state index contributed by atoms with van der Waals surface area (Å²) in [6.45, 7) is 5.92. The molecule has 0 fully saturated rings. The lowest BCUT2D eigenvalue weighted by Crippen LogP contribution is -2.13. The van der Waals surface area contributed by atoms with Crippen molar-refractivity contribution >= 4 is 17.3 Å². The van der Waals surface area contributed by atoms with E-state index in [1.807, 2.05) is 13.8 Å². The van der Waals surface area contributed by atoms with Gasteiger partial charge >= 0.3 is 0 Å². The third-order valence-electron chi connectivity index (χ3n) is 3.49. The van der Waals surface area contributed by atoms with Gasteiger partial charge in [-0.2, -0.15) is 0 Å². The summed E-state index contributed by atoms with van der Waals surface area (Å²) >= 11 is 0. The molecule has 0 heterocycles. The molecule has 0 unspecified atom stereocenters. The SMILES string of the molecule is CCOc1ccc(C(=O)Nc2cccc([N+](=O)[O-])c2C)cc1C. The van der Waals surface area contributed by atoms with Gasteiger partial charge in [-0.15, -0.1) is 0 Å². The van der Waals surface area contributed by atoms with E-state index in [1.165, 1.54) is 6.07 Å². The van der Waals surface area contributed by atoms with Gasteiger partial charge in [-0.05, 0) is 50.6 Å². The molecule has 0 bridgehead atoms. The smallest absolute Gasteiger partial charge is 0.274 e. The monoisotopic (exact) mass is 314 g/mol. The maximum absolute atomic E-state index is 12.3. The normalized spacial score (nSPS) is 10.2. The van der Waals surface area contributed by atoms with Gasteiger partial charge in [-0.3, -0.25) is 14.9 Å². The average molecular weight is 314 g/mol. The van der Waals surface area contributed by atoms with Gasteiger partial charge in [0.15, 0.2) is 0 Å². The Balaban J connectivity index is 2.24. The molecule has 6 nitrogen and oxygen atoms in total. The van der Waals surface area contributed by atoms with Crippen LogP contribution in [0.3, 0.4) is 0 Å². The van der Waals surface area contributed by atoms with Gasteiger partial charge in [-0.1, -0.05) is 6.07 Å². The van der Waals surface area contributed by atoms with E-state index in [2.05, 4.69) is 5.32 Å². The predicted molar refractivity (Wildman–Crippen MR) is 88.1 cm³/mol.